The Bertz CT molecular complexity index is 565. The summed E-state index contributed by atoms with van der Waals surface area (Å²) >= 11 is 0. The standard InChI is InChI=1S/C10H9N3O4.ClH/c11-9(16)5-1-2-6(12-10(5)17)13-7(14)3-4-8(13)15;/h1-2H,3-4H2,(H2,11,16)(H,12,17);1H. The van der Waals surface area contributed by atoms with E-state index in [4.69, 9.17) is 5.73 Å². The number of primary amides is 1. The van der Waals surface area contributed by atoms with E-state index in [0.717, 1.165) is 4.90 Å². The van der Waals surface area contributed by atoms with E-state index in [0.29, 0.717) is 0 Å². The molecule has 0 aliphatic carbocycles. The lowest BCUT2D eigenvalue weighted by molar-refractivity contribution is -0.121. The van der Waals surface area contributed by atoms with Crippen LogP contribution in [0.2, 0.25) is 0 Å². The third-order valence-electron chi connectivity index (χ3n) is 2.45. The smallest absolute Gasteiger partial charge is 0.262 e. The summed E-state index contributed by atoms with van der Waals surface area (Å²) in [6, 6.07) is 2.50. The fourth-order valence-corrected chi connectivity index (χ4v) is 1.63. The second-order valence-electron chi connectivity index (χ2n) is 3.57. The highest BCUT2D eigenvalue weighted by Crippen LogP contribution is 2.18. The van der Waals surface area contributed by atoms with Crippen molar-refractivity contribution >= 4 is 35.9 Å². The summed E-state index contributed by atoms with van der Waals surface area (Å²) in [4.78, 5) is 48.3. The Balaban J connectivity index is 0.00000162. The lowest BCUT2D eigenvalue weighted by Gasteiger charge is -2.12. The quantitative estimate of drug-likeness (QED) is 0.709. The Hall–Kier alpha value is -2.15. The molecule has 0 radical (unpaired) electrons. The number of halogens is 1. The number of carbonyl (C=O) groups is 3. The van der Waals surface area contributed by atoms with E-state index in [1.54, 1.807) is 0 Å². The van der Waals surface area contributed by atoms with Gasteiger partial charge in [-0.2, -0.15) is 0 Å². The Kier molecular flexibility index (Phi) is 3.87. The molecule has 0 saturated carbocycles. The third kappa shape index (κ3) is 2.25. The molecule has 1 aliphatic rings. The van der Waals surface area contributed by atoms with Crippen molar-refractivity contribution in [1.29, 1.82) is 0 Å². The number of amides is 3. The zero-order valence-electron chi connectivity index (χ0n) is 9.13. The molecule has 96 valence electrons. The van der Waals surface area contributed by atoms with Crippen molar-refractivity contribution in [3.05, 3.63) is 28.0 Å². The Labute approximate surface area is 107 Å². The molecular formula is C10H10ClN3O4. The van der Waals surface area contributed by atoms with E-state index in [-0.39, 0.29) is 48.4 Å². The minimum absolute atomic E-state index is 0. The first-order valence-electron chi connectivity index (χ1n) is 4.89. The van der Waals surface area contributed by atoms with Crippen LogP contribution in [0.15, 0.2) is 16.9 Å². The normalized spacial score (nSPS) is 14.6. The summed E-state index contributed by atoms with van der Waals surface area (Å²) < 4.78 is 0. The number of pyridine rings is 1. The molecule has 1 aromatic heterocycles. The molecule has 0 aromatic carbocycles. The first-order valence-corrected chi connectivity index (χ1v) is 4.89. The molecule has 2 heterocycles. The number of nitrogens with two attached hydrogens (primary N) is 1. The van der Waals surface area contributed by atoms with Crippen LogP contribution in [0, 0.1) is 0 Å². The highest BCUT2D eigenvalue weighted by molar-refractivity contribution is 6.19. The molecule has 1 fully saturated rings. The predicted octanol–water partition coefficient (Wildman–Crippen LogP) is -0.451. The molecule has 1 saturated heterocycles. The third-order valence-corrected chi connectivity index (χ3v) is 2.45. The SMILES string of the molecule is Cl.NC(=O)c1ccc(N2C(=O)CCC2=O)[nH]c1=O. The Morgan fingerprint density at radius 1 is 1.17 bits per heavy atom. The van der Waals surface area contributed by atoms with Crippen LogP contribution in [-0.4, -0.2) is 22.7 Å². The second-order valence-corrected chi connectivity index (χ2v) is 3.57. The second kappa shape index (κ2) is 5.01. The number of carbonyl (C=O) groups excluding carboxylic acids is 3. The molecule has 0 atom stereocenters. The molecule has 3 amide bonds. The van der Waals surface area contributed by atoms with Gasteiger partial charge in [-0.05, 0) is 12.1 Å². The number of hydrogen-bond donors (Lipinski definition) is 2. The van der Waals surface area contributed by atoms with Crippen molar-refractivity contribution in [2.75, 3.05) is 4.90 Å². The number of nitrogens with one attached hydrogen (secondary N) is 1. The van der Waals surface area contributed by atoms with E-state index in [1.165, 1.54) is 12.1 Å². The monoisotopic (exact) mass is 271 g/mol. The van der Waals surface area contributed by atoms with Crippen LogP contribution in [-0.2, 0) is 9.59 Å². The van der Waals surface area contributed by atoms with Crippen LogP contribution in [0.1, 0.15) is 23.2 Å². The van der Waals surface area contributed by atoms with Gasteiger partial charge in [0.15, 0.2) is 0 Å². The van der Waals surface area contributed by atoms with Crippen LogP contribution in [0.25, 0.3) is 0 Å². The zero-order valence-corrected chi connectivity index (χ0v) is 9.95. The van der Waals surface area contributed by atoms with Gasteiger partial charge < -0.3 is 10.7 Å². The fourth-order valence-electron chi connectivity index (χ4n) is 1.63. The van der Waals surface area contributed by atoms with Crippen LogP contribution in [0.5, 0.6) is 0 Å². The van der Waals surface area contributed by atoms with Crippen LogP contribution < -0.4 is 16.2 Å². The largest absolute Gasteiger partial charge is 0.365 e. The van der Waals surface area contributed by atoms with Gasteiger partial charge in [-0.25, -0.2) is 4.90 Å². The molecule has 0 bridgehead atoms. The zero-order chi connectivity index (χ0) is 12.6. The van der Waals surface area contributed by atoms with Gasteiger partial charge in [0.1, 0.15) is 11.4 Å². The van der Waals surface area contributed by atoms with Crippen LogP contribution in [0.4, 0.5) is 5.82 Å². The molecule has 2 rings (SSSR count). The molecule has 3 N–H and O–H groups in total. The van der Waals surface area contributed by atoms with E-state index >= 15 is 0 Å². The van der Waals surface area contributed by atoms with Gasteiger partial charge in [-0.15, -0.1) is 12.4 Å². The van der Waals surface area contributed by atoms with Crippen molar-refractivity contribution in [2.24, 2.45) is 5.73 Å². The Morgan fingerprint density at radius 3 is 2.17 bits per heavy atom. The maximum atomic E-state index is 11.4. The van der Waals surface area contributed by atoms with Crippen molar-refractivity contribution in [3.8, 4) is 0 Å². The van der Waals surface area contributed by atoms with Gasteiger partial charge in [0, 0.05) is 12.8 Å². The van der Waals surface area contributed by atoms with Crippen molar-refractivity contribution in [3.63, 3.8) is 0 Å². The van der Waals surface area contributed by atoms with Gasteiger partial charge in [-0.3, -0.25) is 19.2 Å². The summed E-state index contributed by atoms with van der Waals surface area (Å²) in [6.07, 6.45) is 0.247. The maximum Gasteiger partial charge on any atom is 0.262 e. The molecule has 18 heavy (non-hydrogen) atoms. The topological polar surface area (TPSA) is 113 Å². The number of anilines is 1. The van der Waals surface area contributed by atoms with E-state index in [2.05, 4.69) is 4.98 Å². The number of hydrogen-bond acceptors (Lipinski definition) is 4. The maximum absolute atomic E-state index is 11.4. The number of imide groups is 1. The van der Waals surface area contributed by atoms with Crippen LogP contribution in [0.3, 0.4) is 0 Å². The number of aromatic nitrogens is 1. The van der Waals surface area contributed by atoms with E-state index in [9.17, 15) is 19.2 Å². The summed E-state index contributed by atoms with van der Waals surface area (Å²) in [7, 11) is 0. The summed E-state index contributed by atoms with van der Waals surface area (Å²) in [6.45, 7) is 0. The number of rotatable bonds is 2. The van der Waals surface area contributed by atoms with E-state index < -0.39 is 11.5 Å². The van der Waals surface area contributed by atoms with E-state index in [1.807, 2.05) is 0 Å². The molecular weight excluding hydrogens is 262 g/mol. The van der Waals surface area contributed by atoms with Crippen molar-refractivity contribution in [1.82, 2.24) is 4.98 Å². The van der Waals surface area contributed by atoms with Crippen molar-refractivity contribution in [2.45, 2.75) is 12.8 Å². The van der Waals surface area contributed by atoms with Gasteiger partial charge in [0.05, 0.1) is 0 Å². The predicted molar refractivity (Wildman–Crippen MR) is 64.6 cm³/mol. The molecule has 7 nitrogen and oxygen atoms in total. The van der Waals surface area contributed by atoms with Gasteiger partial charge >= 0.3 is 0 Å². The average molecular weight is 272 g/mol. The summed E-state index contributed by atoms with van der Waals surface area (Å²) in [5.41, 5.74) is 4.03. The molecule has 1 aliphatic heterocycles. The van der Waals surface area contributed by atoms with Gasteiger partial charge in [0.25, 0.3) is 11.5 Å². The number of nitrogens with zero attached hydrogens (tertiary/aromatic N) is 1. The molecule has 8 heteroatoms. The van der Waals surface area contributed by atoms with Crippen LogP contribution >= 0.6 is 12.4 Å². The minimum atomic E-state index is -0.864. The number of H-pyrrole nitrogens is 1. The van der Waals surface area contributed by atoms with Gasteiger partial charge in [-0.1, -0.05) is 0 Å². The first-order chi connectivity index (χ1) is 8.00. The fraction of sp³-hybridized carbons (Fsp3) is 0.200. The lowest BCUT2D eigenvalue weighted by atomic mass is 10.2. The van der Waals surface area contributed by atoms with Gasteiger partial charge in [0.2, 0.25) is 11.8 Å². The Morgan fingerprint density at radius 2 is 1.72 bits per heavy atom. The summed E-state index contributed by atoms with van der Waals surface area (Å²) in [5, 5.41) is 0. The minimum Gasteiger partial charge on any atom is -0.365 e. The summed E-state index contributed by atoms with van der Waals surface area (Å²) in [5.74, 6) is -1.56. The highest BCUT2D eigenvalue weighted by Gasteiger charge is 2.31. The average Bonchev–Trinajstić information content (AvgIpc) is 2.58. The molecule has 1 aromatic rings. The number of aromatic amines is 1. The lowest BCUT2D eigenvalue weighted by Crippen LogP contribution is -2.32. The molecule has 0 unspecified atom stereocenters. The molecule has 0 spiro atoms. The highest BCUT2D eigenvalue weighted by atomic mass is 35.5. The van der Waals surface area contributed by atoms with Crippen molar-refractivity contribution < 1.29 is 14.4 Å². The first kappa shape index (κ1) is 13.9.